The van der Waals surface area contributed by atoms with Crippen molar-refractivity contribution in [3.05, 3.63) is 65.5 Å². The zero-order chi connectivity index (χ0) is 21.3. The standard InChI is InChI=1S/C24H32N6O/c1-2-25-24(26-12-11-23-28-21-9-5-6-10-22(21)29-23)27-17-19-7-3-4-8-20(19)18-30-13-15-31-16-14-30/h3-10H,2,11-18H2,1H3,(H,28,29)(H2,25,26,27). The van der Waals surface area contributed by atoms with E-state index in [9.17, 15) is 0 Å². The van der Waals surface area contributed by atoms with Gasteiger partial charge >= 0.3 is 0 Å². The molecular weight excluding hydrogens is 388 g/mol. The number of H-pyrrole nitrogens is 1. The number of aromatic amines is 1. The summed E-state index contributed by atoms with van der Waals surface area (Å²) in [6.45, 7) is 8.90. The van der Waals surface area contributed by atoms with Crippen molar-refractivity contribution in [1.29, 1.82) is 0 Å². The third-order valence-corrected chi connectivity index (χ3v) is 5.46. The Morgan fingerprint density at radius 3 is 2.65 bits per heavy atom. The number of guanidine groups is 1. The maximum absolute atomic E-state index is 5.47. The molecule has 164 valence electrons. The van der Waals surface area contributed by atoms with E-state index < -0.39 is 0 Å². The van der Waals surface area contributed by atoms with E-state index >= 15 is 0 Å². The van der Waals surface area contributed by atoms with Crippen LogP contribution in [0, 0.1) is 0 Å². The zero-order valence-electron chi connectivity index (χ0n) is 18.2. The van der Waals surface area contributed by atoms with Gasteiger partial charge in [-0.2, -0.15) is 0 Å². The first-order chi connectivity index (χ1) is 15.3. The molecule has 0 saturated carbocycles. The van der Waals surface area contributed by atoms with Crippen LogP contribution in [0.4, 0.5) is 0 Å². The van der Waals surface area contributed by atoms with Crippen LogP contribution in [0.15, 0.2) is 53.5 Å². The average molecular weight is 421 g/mol. The predicted molar refractivity (Wildman–Crippen MR) is 125 cm³/mol. The molecule has 3 N–H and O–H groups in total. The Morgan fingerprint density at radius 2 is 1.84 bits per heavy atom. The highest BCUT2D eigenvalue weighted by Crippen LogP contribution is 2.14. The Balaban J connectivity index is 1.35. The van der Waals surface area contributed by atoms with Crippen LogP contribution in [0.3, 0.4) is 0 Å². The molecule has 1 fully saturated rings. The Labute approximate surface area is 183 Å². The molecule has 0 amide bonds. The van der Waals surface area contributed by atoms with Crippen molar-refractivity contribution in [1.82, 2.24) is 25.5 Å². The van der Waals surface area contributed by atoms with Gasteiger partial charge in [0.15, 0.2) is 5.96 Å². The normalized spacial score (nSPS) is 15.3. The molecule has 1 aromatic heterocycles. The highest BCUT2D eigenvalue weighted by molar-refractivity contribution is 5.79. The quantitative estimate of drug-likeness (QED) is 0.386. The van der Waals surface area contributed by atoms with Crippen molar-refractivity contribution < 1.29 is 4.74 Å². The van der Waals surface area contributed by atoms with E-state index in [4.69, 9.17) is 9.73 Å². The molecule has 1 aliphatic heterocycles. The van der Waals surface area contributed by atoms with Gasteiger partial charge in [0.05, 0.1) is 30.8 Å². The third-order valence-electron chi connectivity index (χ3n) is 5.46. The lowest BCUT2D eigenvalue weighted by Crippen LogP contribution is -2.38. The van der Waals surface area contributed by atoms with E-state index in [1.165, 1.54) is 11.1 Å². The van der Waals surface area contributed by atoms with Crippen LogP contribution in [0.2, 0.25) is 0 Å². The Morgan fingerprint density at radius 1 is 1.06 bits per heavy atom. The summed E-state index contributed by atoms with van der Waals surface area (Å²) in [5.74, 6) is 1.82. The summed E-state index contributed by atoms with van der Waals surface area (Å²) in [6.07, 6.45) is 0.812. The fraction of sp³-hybridized carbons (Fsp3) is 0.417. The topological polar surface area (TPSA) is 77.6 Å². The van der Waals surface area contributed by atoms with E-state index in [0.717, 1.165) is 75.2 Å². The Kier molecular flexibility index (Phi) is 7.52. The molecule has 3 aromatic rings. The van der Waals surface area contributed by atoms with E-state index in [-0.39, 0.29) is 0 Å². The van der Waals surface area contributed by atoms with Gasteiger partial charge in [0.2, 0.25) is 0 Å². The summed E-state index contributed by atoms with van der Waals surface area (Å²) in [6, 6.07) is 16.7. The lowest BCUT2D eigenvalue weighted by Gasteiger charge is -2.27. The average Bonchev–Trinajstić information content (AvgIpc) is 3.22. The first kappa shape index (κ1) is 21.3. The van der Waals surface area contributed by atoms with Crippen LogP contribution >= 0.6 is 0 Å². The highest BCUT2D eigenvalue weighted by atomic mass is 16.5. The van der Waals surface area contributed by atoms with Crippen molar-refractivity contribution >= 4 is 17.0 Å². The number of nitrogens with zero attached hydrogens (tertiary/aromatic N) is 3. The van der Waals surface area contributed by atoms with Crippen LogP contribution in [0.25, 0.3) is 11.0 Å². The molecule has 0 unspecified atom stereocenters. The molecule has 0 atom stereocenters. The molecule has 0 spiro atoms. The van der Waals surface area contributed by atoms with Gasteiger partial charge in [0.1, 0.15) is 5.82 Å². The number of aromatic nitrogens is 2. The molecule has 7 heteroatoms. The molecule has 31 heavy (non-hydrogen) atoms. The second-order valence-corrected chi connectivity index (χ2v) is 7.73. The van der Waals surface area contributed by atoms with Crippen LogP contribution < -0.4 is 10.6 Å². The molecule has 2 aromatic carbocycles. The summed E-state index contributed by atoms with van der Waals surface area (Å²) in [5, 5.41) is 6.78. The van der Waals surface area contributed by atoms with Gasteiger partial charge in [-0.3, -0.25) is 4.90 Å². The van der Waals surface area contributed by atoms with Gasteiger partial charge in [0.25, 0.3) is 0 Å². The van der Waals surface area contributed by atoms with Gasteiger partial charge in [-0.05, 0) is 30.2 Å². The van der Waals surface area contributed by atoms with Crippen LogP contribution in [-0.2, 0) is 24.2 Å². The Bertz CT molecular complexity index is 959. The second-order valence-electron chi connectivity index (χ2n) is 7.73. The van der Waals surface area contributed by atoms with Crippen molar-refractivity contribution in [3.8, 4) is 0 Å². The van der Waals surface area contributed by atoms with Gasteiger partial charge in [-0.15, -0.1) is 0 Å². The minimum Gasteiger partial charge on any atom is -0.379 e. The number of benzene rings is 2. The maximum atomic E-state index is 5.47. The second kappa shape index (κ2) is 10.9. The molecule has 4 rings (SSSR count). The highest BCUT2D eigenvalue weighted by Gasteiger charge is 2.12. The summed E-state index contributed by atoms with van der Waals surface area (Å²) in [7, 11) is 0. The molecule has 0 aliphatic carbocycles. The molecule has 1 aliphatic rings. The molecule has 1 saturated heterocycles. The fourth-order valence-corrected chi connectivity index (χ4v) is 3.80. The number of hydrogen-bond acceptors (Lipinski definition) is 4. The number of ether oxygens (including phenoxy) is 1. The monoisotopic (exact) mass is 420 g/mol. The predicted octanol–water partition coefficient (Wildman–Crippen LogP) is 2.69. The van der Waals surface area contributed by atoms with Crippen molar-refractivity contribution in [2.24, 2.45) is 4.99 Å². The molecule has 2 heterocycles. The lowest BCUT2D eigenvalue weighted by atomic mass is 10.1. The van der Waals surface area contributed by atoms with Gasteiger partial charge in [-0.25, -0.2) is 9.98 Å². The lowest BCUT2D eigenvalue weighted by molar-refractivity contribution is 0.0341. The summed E-state index contributed by atoms with van der Waals surface area (Å²) < 4.78 is 5.47. The Hall–Kier alpha value is -2.90. The molecule has 0 bridgehead atoms. The summed E-state index contributed by atoms with van der Waals surface area (Å²) in [4.78, 5) is 15.3. The van der Waals surface area contributed by atoms with Crippen molar-refractivity contribution in [2.45, 2.75) is 26.4 Å². The van der Waals surface area contributed by atoms with Crippen LogP contribution in [0.5, 0.6) is 0 Å². The van der Waals surface area contributed by atoms with Gasteiger partial charge in [-0.1, -0.05) is 36.4 Å². The van der Waals surface area contributed by atoms with Crippen LogP contribution in [0.1, 0.15) is 23.9 Å². The maximum Gasteiger partial charge on any atom is 0.191 e. The SMILES string of the molecule is CCNC(=NCc1ccccc1CN1CCOCC1)NCCc1nc2ccccc2[nH]1. The summed E-state index contributed by atoms with van der Waals surface area (Å²) >= 11 is 0. The number of imidazole rings is 1. The largest absolute Gasteiger partial charge is 0.379 e. The molecular formula is C24H32N6O. The first-order valence-corrected chi connectivity index (χ1v) is 11.1. The fourth-order valence-electron chi connectivity index (χ4n) is 3.80. The molecule has 0 radical (unpaired) electrons. The van der Waals surface area contributed by atoms with Crippen molar-refractivity contribution in [3.63, 3.8) is 0 Å². The van der Waals surface area contributed by atoms with E-state index in [1.54, 1.807) is 0 Å². The molecule has 7 nitrogen and oxygen atoms in total. The number of morpholine rings is 1. The van der Waals surface area contributed by atoms with E-state index in [1.807, 2.05) is 18.2 Å². The first-order valence-electron chi connectivity index (χ1n) is 11.1. The number of aliphatic imine (C=N–C) groups is 1. The van der Waals surface area contributed by atoms with E-state index in [0.29, 0.717) is 6.54 Å². The smallest absolute Gasteiger partial charge is 0.191 e. The van der Waals surface area contributed by atoms with E-state index in [2.05, 4.69) is 62.8 Å². The number of fused-ring (bicyclic) bond motifs is 1. The number of hydrogen-bond donors (Lipinski definition) is 3. The number of nitrogens with one attached hydrogen (secondary N) is 3. The number of rotatable bonds is 8. The van der Waals surface area contributed by atoms with Crippen LogP contribution in [-0.4, -0.2) is 60.2 Å². The van der Waals surface area contributed by atoms with Gasteiger partial charge in [0, 0.05) is 39.1 Å². The third kappa shape index (κ3) is 6.06. The minimum atomic E-state index is 0.653. The zero-order valence-corrected chi connectivity index (χ0v) is 18.2. The number of para-hydroxylation sites is 2. The summed E-state index contributed by atoms with van der Waals surface area (Å²) in [5.41, 5.74) is 4.69. The van der Waals surface area contributed by atoms with Crippen molar-refractivity contribution in [2.75, 3.05) is 39.4 Å². The minimum absolute atomic E-state index is 0.653. The van der Waals surface area contributed by atoms with Gasteiger partial charge < -0.3 is 20.4 Å².